The van der Waals surface area contributed by atoms with Crippen molar-refractivity contribution in [1.82, 2.24) is 14.4 Å². The molecule has 2 amide bonds. The Morgan fingerprint density at radius 1 is 1.00 bits per heavy atom. The second-order valence-electron chi connectivity index (χ2n) is 6.88. The fourth-order valence-electron chi connectivity index (χ4n) is 3.75. The van der Waals surface area contributed by atoms with Crippen LogP contribution in [0.2, 0.25) is 0 Å². The van der Waals surface area contributed by atoms with Gasteiger partial charge in [-0.05, 0) is 24.1 Å². The number of primary amides is 1. The van der Waals surface area contributed by atoms with Gasteiger partial charge in [0, 0.05) is 17.8 Å². The van der Waals surface area contributed by atoms with E-state index >= 15 is 0 Å². The van der Waals surface area contributed by atoms with Crippen LogP contribution in [0.25, 0.3) is 16.9 Å². The predicted molar refractivity (Wildman–Crippen MR) is 109 cm³/mol. The Balaban J connectivity index is 1.71. The summed E-state index contributed by atoms with van der Waals surface area (Å²) in [6, 6.07) is 19.1. The Labute approximate surface area is 166 Å². The van der Waals surface area contributed by atoms with Crippen LogP contribution in [0.5, 0.6) is 0 Å². The molecule has 2 N–H and O–H groups in total. The minimum Gasteiger partial charge on any atom is -0.364 e. The highest BCUT2D eigenvalue weighted by molar-refractivity contribution is 6.07. The molecule has 0 bridgehead atoms. The van der Waals surface area contributed by atoms with E-state index in [-0.39, 0.29) is 17.2 Å². The molecule has 7 heteroatoms. The molecule has 7 nitrogen and oxygen atoms in total. The molecule has 0 atom stereocenters. The molecular weight excluding hydrogens is 366 g/mol. The number of para-hydroxylation sites is 1. The quantitative estimate of drug-likeness (QED) is 0.589. The second kappa shape index (κ2) is 6.56. The van der Waals surface area contributed by atoms with Gasteiger partial charge in [-0.2, -0.15) is 0 Å². The van der Waals surface area contributed by atoms with Gasteiger partial charge in [0.2, 0.25) is 0 Å². The number of anilines is 1. The molecule has 0 saturated carbocycles. The summed E-state index contributed by atoms with van der Waals surface area (Å²) in [6.45, 7) is 0.597. The molecule has 2 aromatic heterocycles. The summed E-state index contributed by atoms with van der Waals surface area (Å²) in [7, 11) is 0. The van der Waals surface area contributed by atoms with E-state index in [2.05, 4.69) is 9.97 Å². The molecule has 0 saturated heterocycles. The molecule has 4 aromatic rings. The lowest BCUT2D eigenvalue weighted by Gasteiger charge is -2.18. The van der Waals surface area contributed by atoms with Gasteiger partial charge in [-0.15, -0.1) is 0 Å². The van der Waals surface area contributed by atoms with Crippen LogP contribution >= 0.6 is 0 Å². The van der Waals surface area contributed by atoms with Crippen LogP contribution < -0.4 is 10.6 Å². The van der Waals surface area contributed by atoms with Crippen LogP contribution in [0.1, 0.15) is 26.5 Å². The fourth-order valence-corrected chi connectivity index (χ4v) is 3.75. The number of hydrogen-bond acceptors (Lipinski definition) is 4. The summed E-state index contributed by atoms with van der Waals surface area (Å²) in [4.78, 5) is 35.8. The lowest BCUT2D eigenvalue weighted by atomic mass is 10.1. The van der Waals surface area contributed by atoms with Gasteiger partial charge in [0.15, 0.2) is 11.3 Å². The summed E-state index contributed by atoms with van der Waals surface area (Å²) in [5.74, 6) is -0.858. The third-order valence-electron chi connectivity index (χ3n) is 5.16. The van der Waals surface area contributed by atoms with E-state index in [1.54, 1.807) is 11.0 Å². The van der Waals surface area contributed by atoms with Crippen molar-refractivity contribution in [3.63, 3.8) is 0 Å². The maximum Gasteiger partial charge on any atom is 0.275 e. The molecular formula is C22H17N5O2. The van der Waals surface area contributed by atoms with Crippen LogP contribution in [0.15, 0.2) is 67.0 Å². The van der Waals surface area contributed by atoms with Crippen molar-refractivity contribution < 1.29 is 9.59 Å². The summed E-state index contributed by atoms with van der Waals surface area (Å²) in [5, 5.41) is 0. The second-order valence-corrected chi connectivity index (χ2v) is 6.88. The molecule has 0 spiro atoms. The van der Waals surface area contributed by atoms with Crippen molar-refractivity contribution in [1.29, 1.82) is 0 Å². The van der Waals surface area contributed by atoms with Crippen molar-refractivity contribution in [2.45, 2.75) is 6.42 Å². The Kier molecular flexibility index (Phi) is 3.87. The van der Waals surface area contributed by atoms with Crippen LogP contribution in [0, 0.1) is 0 Å². The molecule has 29 heavy (non-hydrogen) atoms. The molecule has 3 heterocycles. The summed E-state index contributed by atoms with van der Waals surface area (Å²) >= 11 is 0. The first-order valence-corrected chi connectivity index (χ1v) is 9.26. The largest absolute Gasteiger partial charge is 0.364 e. The monoisotopic (exact) mass is 383 g/mol. The highest BCUT2D eigenvalue weighted by Crippen LogP contribution is 2.30. The summed E-state index contributed by atoms with van der Waals surface area (Å²) < 4.78 is 1.54. The van der Waals surface area contributed by atoms with Gasteiger partial charge in [0.05, 0.1) is 5.69 Å². The highest BCUT2D eigenvalue weighted by Gasteiger charge is 2.28. The predicted octanol–water partition coefficient (Wildman–Crippen LogP) is 2.70. The van der Waals surface area contributed by atoms with Crippen molar-refractivity contribution in [3.05, 3.63) is 83.9 Å². The van der Waals surface area contributed by atoms with Gasteiger partial charge < -0.3 is 10.6 Å². The van der Waals surface area contributed by atoms with E-state index in [1.165, 1.54) is 10.7 Å². The highest BCUT2D eigenvalue weighted by atomic mass is 16.2. The molecule has 0 fully saturated rings. The molecule has 0 radical (unpaired) electrons. The number of aromatic nitrogens is 3. The number of rotatable bonds is 3. The van der Waals surface area contributed by atoms with Crippen molar-refractivity contribution in [3.8, 4) is 11.3 Å². The van der Waals surface area contributed by atoms with E-state index in [4.69, 9.17) is 5.73 Å². The minimum absolute atomic E-state index is 0.0404. The molecule has 142 valence electrons. The van der Waals surface area contributed by atoms with Crippen molar-refractivity contribution in [2.24, 2.45) is 5.73 Å². The molecule has 1 aliphatic rings. The number of hydrogen-bond donors (Lipinski definition) is 1. The van der Waals surface area contributed by atoms with E-state index in [0.717, 1.165) is 23.2 Å². The molecule has 5 rings (SSSR count). The molecule has 1 aliphatic heterocycles. The Morgan fingerprint density at radius 2 is 1.76 bits per heavy atom. The number of carbonyl (C=O) groups is 2. The van der Waals surface area contributed by atoms with Gasteiger partial charge >= 0.3 is 0 Å². The SMILES string of the molecule is NC(=O)c1ncn2c(C(=O)N3CCc4ccccc43)cc(-c3ccccc3)nc12. The van der Waals surface area contributed by atoms with Crippen LogP contribution in [-0.4, -0.2) is 32.7 Å². The lowest BCUT2D eigenvalue weighted by molar-refractivity contribution is 0.0978. The number of fused-ring (bicyclic) bond motifs is 2. The number of nitrogens with zero attached hydrogens (tertiary/aromatic N) is 4. The molecule has 0 unspecified atom stereocenters. The Hall–Kier alpha value is -4.00. The smallest absolute Gasteiger partial charge is 0.275 e. The van der Waals surface area contributed by atoms with Gasteiger partial charge in [-0.3, -0.25) is 14.0 Å². The lowest BCUT2D eigenvalue weighted by Crippen LogP contribution is -2.30. The van der Waals surface area contributed by atoms with E-state index < -0.39 is 5.91 Å². The van der Waals surface area contributed by atoms with Crippen LogP contribution in [0.4, 0.5) is 5.69 Å². The molecule has 2 aromatic carbocycles. The zero-order valence-electron chi connectivity index (χ0n) is 15.4. The first-order chi connectivity index (χ1) is 14.1. The maximum atomic E-state index is 13.5. The number of carbonyl (C=O) groups excluding carboxylic acids is 2. The zero-order valence-corrected chi connectivity index (χ0v) is 15.4. The number of nitrogens with two attached hydrogens (primary N) is 1. The van der Waals surface area contributed by atoms with Crippen molar-refractivity contribution in [2.75, 3.05) is 11.4 Å². The average Bonchev–Trinajstić information content (AvgIpc) is 3.37. The van der Waals surface area contributed by atoms with Crippen LogP contribution in [-0.2, 0) is 6.42 Å². The summed E-state index contributed by atoms with van der Waals surface area (Å²) in [5.41, 5.74) is 9.62. The third kappa shape index (κ3) is 2.75. The first kappa shape index (κ1) is 17.1. The van der Waals surface area contributed by atoms with Gasteiger partial charge in [0.1, 0.15) is 12.0 Å². The molecule has 0 aliphatic carbocycles. The minimum atomic E-state index is -0.685. The Bertz CT molecular complexity index is 1260. The van der Waals surface area contributed by atoms with Gasteiger partial charge in [-0.1, -0.05) is 48.5 Å². The number of amides is 2. The Morgan fingerprint density at radius 3 is 2.55 bits per heavy atom. The topological polar surface area (TPSA) is 93.6 Å². The number of imidazole rings is 1. The van der Waals surface area contributed by atoms with Crippen molar-refractivity contribution >= 4 is 23.1 Å². The number of benzene rings is 2. The van der Waals surface area contributed by atoms with E-state index in [1.807, 2.05) is 54.6 Å². The van der Waals surface area contributed by atoms with E-state index in [9.17, 15) is 9.59 Å². The van der Waals surface area contributed by atoms with E-state index in [0.29, 0.717) is 17.9 Å². The van der Waals surface area contributed by atoms with Gasteiger partial charge in [-0.25, -0.2) is 9.97 Å². The standard InChI is InChI=1S/C22H17N5O2/c23-20(28)19-21-25-16(14-6-2-1-3-7-14)12-18(27(21)13-24-19)22(29)26-11-10-15-8-4-5-9-17(15)26/h1-9,12-13H,10-11H2,(H2,23,28). The maximum absolute atomic E-state index is 13.5. The third-order valence-corrected chi connectivity index (χ3v) is 5.16. The summed E-state index contributed by atoms with van der Waals surface area (Å²) in [6.07, 6.45) is 2.23. The van der Waals surface area contributed by atoms with Gasteiger partial charge in [0.25, 0.3) is 11.8 Å². The van der Waals surface area contributed by atoms with Crippen LogP contribution in [0.3, 0.4) is 0 Å². The fraction of sp³-hybridized carbons (Fsp3) is 0.0909. The first-order valence-electron chi connectivity index (χ1n) is 9.26. The normalized spacial score (nSPS) is 12.9. The average molecular weight is 383 g/mol. The zero-order chi connectivity index (χ0) is 20.0.